The topological polar surface area (TPSA) is 87.0 Å². The maximum Gasteiger partial charge on any atom is 0.303 e. The van der Waals surface area contributed by atoms with E-state index in [2.05, 4.69) is 20.0 Å². The summed E-state index contributed by atoms with van der Waals surface area (Å²) in [5.41, 5.74) is 4.22. The van der Waals surface area contributed by atoms with Crippen LogP contribution in [-0.2, 0) is 30.8 Å². The highest BCUT2D eigenvalue weighted by Crippen LogP contribution is 2.17. The molecule has 0 aliphatic carbocycles. The number of aliphatic carboxylic acids is 1. The van der Waals surface area contributed by atoms with E-state index < -0.39 is 5.97 Å². The molecule has 0 spiro atoms. The van der Waals surface area contributed by atoms with E-state index in [9.17, 15) is 4.79 Å². The quantitative estimate of drug-likeness (QED) is 0.870. The summed E-state index contributed by atoms with van der Waals surface area (Å²) in [5.74, 6) is -0.779. The first kappa shape index (κ1) is 14.8. The molecule has 0 aromatic carbocycles. The van der Waals surface area contributed by atoms with Crippen LogP contribution in [0.4, 0.5) is 0 Å². The first-order valence-electron chi connectivity index (χ1n) is 7.60. The van der Waals surface area contributed by atoms with E-state index in [4.69, 9.17) is 5.11 Å². The Balaban J connectivity index is 1.69. The van der Waals surface area contributed by atoms with Gasteiger partial charge in [-0.05, 0) is 19.4 Å². The molecule has 1 aliphatic heterocycles. The highest BCUT2D eigenvalue weighted by molar-refractivity contribution is 5.66. The molecule has 2 aromatic heterocycles. The van der Waals surface area contributed by atoms with Crippen LogP contribution < -0.4 is 0 Å². The van der Waals surface area contributed by atoms with Crippen LogP contribution in [0.5, 0.6) is 0 Å². The minimum atomic E-state index is -0.779. The normalized spacial score (nSPS) is 15.5. The predicted octanol–water partition coefficient (Wildman–Crippen LogP) is 1.34. The Morgan fingerprint density at radius 2 is 2.32 bits per heavy atom. The second-order valence-corrected chi connectivity index (χ2v) is 5.78. The first-order valence-corrected chi connectivity index (χ1v) is 7.60. The van der Waals surface area contributed by atoms with Gasteiger partial charge in [-0.1, -0.05) is 0 Å². The van der Waals surface area contributed by atoms with Crippen molar-refractivity contribution in [3.63, 3.8) is 0 Å². The standard InChI is InChI=1S/C15H21N5O2/c1-11-14(17-10-16-11)9-19-5-2-6-20-13(8-19)7-12(18-20)3-4-15(21)22/h7,10H,2-6,8-9H2,1H3,(H,16,17)(H,21,22). The van der Waals surface area contributed by atoms with E-state index >= 15 is 0 Å². The van der Waals surface area contributed by atoms with Crippen LogP contribution >= 0.6 is 0 Å². The van der Waals surface area contributed by atoms with Gasteiger partial charge < -0.3 is 10.1 Å². The largest absolute Gasteiger partial charge is 0.481 e. The van der Waals surface area contributed by atoms with Crippen molar-refractivity contribution >= 4 is 5.97 Å². The smallest absolute Gasteiger partial charge is 0.303 e. The van der Waals surface area contributed by atoms with Gasteiger partial charge in [0.2, 0.25) is 0 Å². The predicted molar refractivity (Wildman–Crippen MR) is 80.2 cm³/mol. The summed E-state index contributed by atoms with van der Waals surface area (Å²) in [6.45, 7) is 5.59. The van der Waals surface area contributed by atoms with Crippen LogP contribution in [0.1, 0.15) is 35.6 Å². The average Bonchev–Trinajstić information content (AvgIpc) is 2.99. The number of aromatic nitrogens is 4. The second kappa shape index (κ2) is 6.31. The summed E-state index contributed by atoms with van der Waals surface area (Å²) < 4.78 is 2.02. The van der Waals surface area contributed by atoms with E-state index in [1.807, 2.05) is 17.7 Å². The molecule has 1 aliphatic rings. The van der Waals surface area contributed by atoms with Gasteiger partial charge in [-0.25, -0.2) is 4.98 Å². The number of carbonyl (C=O) groups is 1. The minimum absolute atomic E-state index is 0.132. The molecule has 3 heterocycles. The highest BCUT2D eigenvalue weighted by atomic mass is 16.4. The van der Waals surface area contributed by atoms with Crippen molar-refractivity contribution in [1.29, 1.82) is 0 Å². The lowest BCUT2D eigenvalue weighted by molar-refractivity contribution is -0.136. The molecule has 0 amide bonds. The average molecular weight is 303 g/mol. The van der Waals surface area contributed by atoms with Crippen LogP contribution in [0.2, 0.25) is 0 Å². The van der Waals surface area contributed by atoms with E-state index in [1.165, 1.54) is 0 Å². The third-order valence-corrected chi connectivity index (χ3v) is 4.05. The number of hydrogen-bond donors (Lipinski definition) is 2. The number of carboxylic acids is 1. The van der Waals surface area contributed by atoms with Crippen LogP contribution in [0.3, 0.4) is 0 Å². The summed E-state index contributed by atoms with van der Waals surface area (Å²) in [5, 5.41) is 13.3. The van der Waals surface area contributed by atoms with Gasteiger partial charge in [0.1, 0.15) is 0 Å². The molecular formula is C15H21N5O2. The van der Waals surface area contributed by atoms with Crippen molar-refractivity contribution < 1.29 is 9.90 Å². The van der Waals surface area contributed by atoms with Gasteiger partial charge in [-0.15, -0.1) is 0 Å². The summed E-state index contributed by atoms with van der Waals surface area (Å²) in [6, 6.07) is 2.04. The molecule has 2 aromatic rings. The molecule has 2 N–H and O–H groups in total. The van der Waals surface area contributed by atoms with Crippen molar-refractivity contribution in [2.24, 2.45) is 0 Å². The summed E-state index contributed by atoms with van der Waals surface area (Å²) >= 11 is 0. The zero-order chi connectivity index (χ0) is 15.5. The summed E-state index contributed by atoms with van der Waals surface area (Å²) in [7, 11) is 0. The SMILES string of the molecule is Cc1[nH]cnc1CN1CCCn2nc(CCC(=O)O)cc2C1. The number of hydrogen-bond acceptors (Lipinski definition) is 4. The van der Waals surface area contributed by atoms with E-state index in [0.717, 1.165) is 55.4 Å². The van der Waals surface area contributed by atoms with Crippen LogP contribution in [0.25, 0.3) is 0 Å². The third kappa shape index (κ3) is 3.36. The Labute approximate surface area is 129 Å². The Morgan fingerprint density at radius 3 is 3.05 bits per heavy atom. The molecule has 0 radical (unpaired) electrons. The fourth-order valence-electron chi connectivity index (χ4n) is 2.84. The van der Waals surface area contributed by atoms with Crippen LogP contribution in [0.15, 0.2) is 12.4 Å². The van der Waals surface area contributed by atoms with Gasteiger partial charge in [0.25, 0.3) is 0 Å². The molecule has 0 atom stereocenters. The van der Waals surface area contributed by atoms with Gasteiger partial charge >= 0.3 is 5.97 Å². The maximum atomic E-state index is 10.7. The van der Waals surface area contributed by atoms with Crippen molar-refractivity contribution in [3.8, 4) is 0 Å². The van der Waals surface area contributed by atoms with Crippen molar-refractivity contribution in [3.05, 3.63) is 35.2 Å². The molecule has 7 heteroatoms. The first-order chi connectivity index (χ1) is 10.6. The number of aryl methyl sites for hydroxylation is 3. The van der Waals surface area contributed by atoms with Gasteiger partial charge in [-0.3, -0.25) is 14.4 Å². The van der Waals surface area contributed by atoms with Crippen LogP contribution in [-0.4, -0.2) is 42.3 Å². The number of nitrogens with one attached hydrogen (secondary N) is 1. The lowest BCUT2D eigenvalue weighted by Crippen LogP contribution is -2.23. The van der Waals surface area contributed by atoms with Gasteiger partial charge in [0, 0.05) is 38.3 Å². The van der Waals surface area contributed by atoms with Crippen molar-refractivity contribution in [1.82, 2.24) is 24.6 Å². The second-order valence-electron chi connectivity index (χ2n) is 5.78. The fourth-order valence-corrected chi connectivity index (χ4v) is 2.84. The Bertz CT molecular complexity index is 661. The number of aromatic amines is 1. The van der Waals surface area contributed by atoms with E-state index in [1.54, 1.807) is 6.33 Å². The van der Waals surface area contributed by atoms with Gasteiger partial charge in [0.15, 0.2) is 0 Å². The molecule has 3 rings (SSSR count). The molecular weight excluding hydrogens is 282 g/mol. The lowest BCUT2D eigenvalue weighted by atomic mass is 10.2. The lowest BCUT2D eigenvalue weighted by Gasteiger charge is -2.18. The van der Waals surface area contributed by atoms with E-state index in [-0.39, 0.29) is 6.42 Å². The molecule has 0 saturated carbocycles. The molecule has 0 fully saturated rings. The number of nitrogens with zero attached hydrogens (tertiary/aromatic N) is 4. The number of fused-ring (bicyclic) bond motifs is 1. The van der Waals surface area contributed by atoms with Crippen molar-refractivity contribution in [2.75, 3.05) is 6.54 Å². The Morgan fingerprint density at radius 1 is 1.45 bits per heavy atom. The summed E-state index contributed by atoms with van der Waals surface area (Å²) in [4.78, 5) is 20.5. The number of H-pyrrole nitrogens is 1. The Kier molecular flexibility index (Phi) is 4.24. The third-order valence-electron chi connectivity index (χ3n) is 4.05. The molecule has 0 bridgehead atoms. The van der Waals surface area contributed by atoms with Gasteiger partial charge in [-0.2, -0.15) is 5.10 Å². The molecule has 7 nitrogen and oxygen atoms in total. The monoisotopic (exact) mass is 303 g/mol. The van der Waals surface area contributed by atoms with Crippen LogP contribution in [0, 0.1) is 6.92 Å². The number of imidazole rings is 1. The zero-order valence-electron chi connectivity index (χ0n) is 12.7. The highest BCUT2D eigenvalue weighted by Gasteiger charge is 2.18. The van der Waals surface area contributed by atoms with E-state index in [0.29, 0.717) is 6.42 Å². The fraction of sp³-hybridized carbons (Fsp3) is 0.533. The Hall–Kier alpha value is -2.15. The molecule has 0 saturated heterocycles. The summed E-state index contributed by atoms with van der Waals surface area (Å²) in [6.07, 6.45) is 3.40. The maximum absolute atomic E-state index is 10.7. The minimum Gasteiger partial charge on any atom is -0.481 e. The van der Waals surface area contributed by atoms with Gasteiger partial charge in [0.05, 0.1) is 29.8 Å². The zero-order valence-corrected chi connectivity index (χ0v) is 12.7. The number of carboxylic acid groups (broad SMARTS) is 1. The molecule has 0 unspecified atom stereocenters. The molecule has 22 heavy (non-hydrogen) atoms. The molecule has 118 valence electrons. The van der Waals surface area contributed by atoms with Crippen molar-refractivity contribution in [2.45, 2.75) is 45.8 Å². The number of rotatable bonds is 5.